The van der Waals surface area contributed by atoms with Gasteiger partial charge in [-0.15, -0.1) is 21.5 Å². The van der Waals surface area contributed by atoms with Crippen LogP contribution in [0.3, 0.4) is 0 Å². The molecule has 10 aromatic rings. The summed E-state index contributed by atoms with van der Waals surface area (Å²) < 4.78 is 8.86. The van der Waals surface area contributed by atoms with E-state index in [9.17, 15) is 0 Å². The summed E-state index contributed by atoms with van der Waals surface area (Å²) in [7, 11) is 0. The van der Waals surface area contributed by atoms with Crippen LogP contribution in [0.25, 0.3) is 98.5 Å². The third kappa shape index (κ3) is 4.69. The standard InChI is InChI=1S/C44H26N4OS/c1-4-13-27(14-5-1)30-25-33(28-15-6-2-7-16-28)42-34(26-30)39-32(20-12-21-37(39)49-42)44-45-40-31-19-10-11-22-38(31)50-43(40)41(46-44)36-24-23-35(47-48-36)29-17-8-3-9-18-29/h1-26H. The van der Waals surface area contributed by atoms with E-state index in [0.717, 1.165) is 87.0 Å². The summed E-state index contributed by atoms with van der Waals surface area (Å²) in [5, 5.41) is 12.4. The van der Waals surface area contributed by atoms with Crippen LogP contribution in [0, 0.1) is 0 Å². The Balaban J connectivity index is 1.24. The first-order valence-electron chi connectivity index (χ1n) is 16.5. The highest BCUT2D eigenvalue weighted by Crippen LogP contribution is 2.44. The van der Waals surface area contributed by atoms with Gasteiger partial charge in [0.15, 0.2) is 5.82 Å². The van der Waals surface area contributed by atoms with Crippen LogP contribution in [0.4, 0.5) is 0 Å². The molecule has 0 unspecified atom stereocenters. The Morgan fingerprint density at radius 2 is 1.16 bits per heavy atom. The fourth-order valence-corrected chi connectivity index (χ4v) is 7.99. The monoisotopic (exact) mass is 658 g/mol. The van der Waals surface area contributed by atoms with Crippen LogP contribution in [-0.4, -0.2) is 20.2 Å². The molecule has 6 heteroatoms. The molecule has 0 N–H and O–H groups in total. The zero-order valence-electron chi connectivity index (χ0n) is 26.6. The lowest BCUT2D eigenvalue weighted by molar-refractivity contribution is 0.670. The van der Waals surface area contributed by atoms with Crippen molar-refractivity contribution in [1.82, 2.24) is 20.2 Å². The largest absolute Gasteiger partial charge is 0.455 e. The molecular formula is C44H26N4OS. The molecule has 5 nitrogen and oxygen atoms in total. The third-order valence-electron chi connectivity index (χ3n) is 9.23. The molecule has 0 spiro atoms. The molecule has 234 valence electrons. The topological polar surface area (TPSA) is 64.7 Å². The minimum atomic E-state index is 0.615. The predicted molar refractivity (Wildman–Crippen MR) is 205 cm³/mol. The summed E-state index contributed by atoms with van der Waals surface area (Å²) in [6, 6.07) is 54.0. The van der Waals surface area contributed by atoms with Crippen molar-refractivity contribution in [2.45, 2.75) is 0 Å². The first kappa shape index (κ1) is 28.5. The number of fused-ring (bicyclic) bond motifs is 6. The number of nitrogens with zero attached hydrogens (tertiary/aromatic N) is 4. The molecule has 0 saturated carbocycles. The summed E-state index contributed by atoms with van der Waals surface area (Å²) in [6.07, 6.45) is 0. The van der Waals surface area contributed by atoms with Gasteiger partial charge < -0.3 is 4.42 Å². The van der Waals surface area contributed by atoms with Crippen LogP contribution in [0.15, 0.2) is 162 Å². The first-order chi connectivity index (χ1) is 24.8. The molecule has 4 heterocycles. The SMILES string of the molecule is c1ccc(-c2cc(-c3ccccc3)c3oc4cccc(-c5nc(-c6ccc(-c7ccccc7)nn6)c6sc7ccccc7c6n5)c4c3c2)cc1. The van der Waals surface area contributed by atoms with Gasteiger partial charge in [-0.05, 0) is 53.1 Å². The molecule has 10 rings (SSSR count). The van der Waals surface area contributed by atoms with Crippen LogP contribution in [-0.2, 0) is 0 Å². The molecule has 0 aliphatic heterocycles. The van der Waals surface area contributed by atoms with E-state index in [1.165, 1.54) is 0 Å². The van der Waals surface area contributed by atoms with Crippen LogP contribution in [0.2, 0.25) is 0 Å². The molecule has 4 aromatic heterocycles. The van der Waals surface area contributed by atoms with E-state index in [1.54, 1.807) is 11.3 Å². The van der Waals surface area contributed by atoms with Crippen LogP contribution < -0.4 is 0 Å². The van der Waals surface area contributed by atoms with Crippen molar-refractivity contribution in [2.75, 3.05) is 0 Å². The minimum Gasteiger partial charge on any atom is -0.455 e. The molecule has 0 bridgehead atoms. The Hall–Kier alpha value is -6.50. The number of thiophene rings is 1. The zero-order valence-corrected chi connectivity index (χ0v) is 27.4. The lowest BCUT2D eigenvalue weighted by atomic mass is 9.95. The van der Waals surface area contributed by atoms with E-state index < -0.39 is 0 Å². The fourth-order valence-electron chi connectivity index (χ4n) is 6.85. The average Bonchev–Trinajstić information content (AvgIpc) is 3.77. The highest BCUT2D eigenvalue weighted by molar-refractivity contribution is 7.26. The van der Waals surface area contributed by atoms with E-state index in [4.69, 9.17) is 19.5 Å². The van der Waals surface area contributed by atoms with Crippen LogP contribution >= 0.6 is 11.3 Å². The summed E-state index contributed by atoms with van der Waals surface area (Å²) in [5.74, 6) is 0.615. The lowest BCUT2D eigenvalue weighted by Crippen LogP contribution is -1.97. The first-order valence-corrected chi connectivity index (χ1v) is 17.3. The van der Waals surface area contributed by atoms with Crippen molar-refractivity contribution in [3.8, 4) is 56.3 Å². The molecule has 0 amide bonds. The molecule has 0 saturated heterocycles. The van der Waals surface area contributed by atoms with Gasteiger partial charge in [0.2, 0.25) is 0 Å². The normalized spacial score (nSPS) is 11.6. The number of furan rings is 1. The number of hydrogen-bond acceptors (Lipinski definition) is 6. The average molecular weight is 659 g/mol. The van der Waals surface area contributed by atoms with Crippen molar-refractivity contribution in [3.63, 3.8) is 0 Å². The van der Waals surface area contributed by atoms with E-state index in [2.05, 4.69) is 96.1 Å². The maximum absolute atomic E-state index is 6.73. The quantitative estimate of drug-likeness (QED) is 0.184. The van der Waals surface area contributed by atoms with E-state index in [0.29, 0.717) is 11.5 Å². The second-order valence-electron chi connectivity index (χ2n) is 12.3. The van der Waals surface area contributed by atoms with Gasteiger partial charge in [-0.1, -0.05) is 121 Å². The van der Waals surface area contributed by atoms with Gasteiger partial charge in [0, 0.05) is 37.5 Å². The third-order valence-corrected chi connectivity index (χ3v) is 10.4. The van der Waals surface area contributed by atoms with Gasteiger partial charge in [-0.25, -0.2) is 9.97 Å². The van der Waals surface area contributed by atoms with E-state index >= 15 is 0 Å². The van der Waals surface area contributed by atoms with Gasteiger partial charge in [0.1, 0.15) is 22.6 Å². The molecule has 0 radical (unpaired) electrons. The van der Waals surface area contributed by atoms with Crippen molar-refractivity contribution in [2.24, 2.45) is 0 Å². The number of hydrogen-bond donors (Lipinski definition) is 0. The highest BCUT2D eigenvalue weighted by atomic mass is 32.1. The fraction of sp³-hybridized carbons (Fsp3) is 0. The molecular weight excluding hydrogens is 633 g/mol. The Morgan fingerprint density at radius 1 is 0.480 bits per heavy atom. The zero-order chi connectivity index (χ0) is 33.0. The van der Waals surface area contributed by atoms with Gasteiger partial charge in [-0.3, -0.25) is 0 Å². The number of rotatable bonds is 5. The van der Waals surface area contributed by atoms with Crippen molar-refractivity contribution < 1.29 is 4.42 Å². The predicted octanol–water partition coefficient (Wildman–Crippen LogP) is 11.9. The van der Waals surface area contributed by atoms with Crippen molar-refractivity contribution in [1.29, 1.82) is 0 Å². The maximum Gasteiger partial charge on any atom is 0.161 e. The molecule has 0 atom stereocenters. The van der Waals surface area contributed by atoms with Gasteiger partial charge >= 0.3 is 0 Å². The Labute approximate surface area is 291 Å². The summed E-state index contributed by atoms with van der Waals surface area (Å²) >= 11 is 1.68. The second-order valence-corrected chi connectivity index (χ2v) is 13.3. The molecule has 0 aliphatic carbocycles. The van der Waals surface area contributed by atoms with Gasteiger partial charge in [0.25, 0.3) is 0 Å². The summed E-state index contributed by atoms with van der Waals surface area (Å²) in [5.41, 5.74) is 11.1. The molecule has 0 aliphatic rings. The van der Waals surface area contributed by atoms with E-state index in [-0.39, 0.29) is 0 Å². The van der Waals surface area contributed by atoms with Crippen molar-refractivity contribution in [3.05, 3.63) is 158 Å². The van der Waals surface area contributed by atoms with E-state index in [1.807, 2.05) is 66.7 Å². The highest BCUT2D eigenvalue weighted by Gasteiger charge is 2.22. The maximum atomic E-state index is 6.73. The molecule has 0 fully saturated rings. The molecule has 50 heavy (non-hydrogen) atoms. The smallest absolute Gasteiger partial charge is 0.161 e. The summed E-state index contributed by atoms with van der Waals surface area (Å²) in [4.78, 5) is 10.6. The Bertz CT molecular complexity index is 2850. The Kier molecular flexibility index (Phi) is 6.60. The Morgan fingerprint density at radius 3 is 1.92 bits per heavy atom. The lowest BCUT2D eigenvalue weighted by Gasteiger charge is -2.09. The summed E-state index contributed by atoms with van der Waals surface area (Å²) in [6.45, 7) is 0. The van der Waals surface area contributed by atoms with Gasteiger partial charge in [0.05, 0.1) is 15.9 Å². The number of benzene rings is 6. The number of aromatic nitrogens is 4. The van der Waals surface area contributed by atoms with Gasteiger partial charge in [-0.2, -0.15) is 0 Å². The second kappa shape index (κ2) is 11.6. The van der Waals surface area contributed by atoms with Crippen LogP contribution in [0.5, 0.6) is 0 Å². The van der Waals surface area contributed by atoms with Crippen molar-refractivity contribution >= 4 is 53.6 Å². The van der Waals surface area contributed by atoms with Crippen LogP contribution in [0.1, 0.15) is 0 Å². The molecule has 6 aromatic carbocycles. The minimum absolute atomic E-state index is 0.615.